The van der Waals surface area contributed by atoms with Crippen LogP contribution in [0.2, 0.25) is 0 Å². The van der Waals surface area contributed by atoms with Crippen molar-refractivity contribution in [3.63, 3.8) is 0 Å². The average molecular weight is 238 g/mol. The largest absolute Gasteiger partial charge is 0.381 e. The molecule has 0 radical (unpaired) electrons. The number of hydrogen-bond acceptors (Lipinski definition) is 4. The lowest BCUT2D eigenvalue weighted by molar-refractivity contribution is 0.136. The number of ether oxygens (including phenoxy) is 1. The van der Waals surface area contributed by atoms with Crippen molar-refractivity contribution in [2.24, 2.45) is 0 Å². The zero-order valence-electron chi connectivity index (χ0n) is 10.8. The van der Waals surface area contributed by atoms with Crippen LogP contribution in [0.4, 0.5) is 0 Å². The molecule has 0 aromatic carbocycles. The summed E-state index contributed by atoms with van der Waals surface area (Å²) in [5, 5.41) is 12.0. The molecule has 1 aliphatic heterocycles. The van der Waals surface area contributed by atoms with Gasteiger partial charge in [0.25, 0.3) is 0 Å². The lowest BCUT2D eigenvalue weighted by Crippen LogP contribution is -2.34. The van der Waals surface area contributed by atoms with Crippen LogP contribution in [0.3, 0.4) is 0 Å². The third-order valence-electron chi connectivity index (χ3n) is 3.12. The van der Waals surface area contributed by atoms with Gasteiger partial charge < -0.3 is 14.6 Å². The van der Waals surface area contributed by atoms with E-state index in [1.165, 1.54) is 0 Å². The highest BCUT2D eigenvalue weighted by atomic mass is 16.5. The van der Waals surface area contributed by atoms with Crippen molar-refractivity contribution in [1.29, 1.82) is 0 Å². The maximum Gasteiger partial charge on any atom is 0.150 e. The molecule has 0 saturated heterocycles. The van der Waals surface area contributed by atoms with Crippen LogP contribution >= 0.6 is 0 Å². The average Bonchev–Trinajstić information content (AvgIpc) is 2.78. The molecule has 0 bridgehead atoms. The molecule has 1 unspecified atom stereocenters. The molecule has 96 valence electrons. The van der Waals surface area contributed by atoms with Gasteiger partial charge in [-0.15, -0.1) is 10.2 Å². The Balaban J connectivity index is 1.97. The number of rotatable bonds is 6. The lowest BCUT2D eigenvalue weighted by Gasteiger charge is -2.24. The van der Waals surface area contributed by atoms with E-state index in [4.69, 9.17) is 4.74 Å². The summed E-state index contributed by atoms with van der Waals surface area (Å²) in [6, 6.07) is 0.363. The first-order valence-electron chi connectivity index (χ1n) is 6.59. The Morgan fingerprint density at radius 2 is 2.24 bits per heavy atom. The zero-order chi connectivity index (χ0) is 12.1. The summed E-state index contributed by atoms with van der Waals surface area (Å²) in [5.74, 6) is 2.15. The Hall–Kier alpha value is -0.940. The molecule has 1 aromatic rings. The van der Waals surface area contributed by atoms with E-state index < -0.39 is 0 Å². The van der Waals surface area contributed by atoms with Crippen LogP contribution in [0.25, 0.3) is 0 Å². The van der Waals surface area contributed by atoms with E-state index in [0.717, 1.165) is 57.2 Å². The van der Waals surface area contributed by atoms with Crippen LogP contribution in [-0.2, 0) is 17.7 Å². The SMILES string of the molecule is CCCOCCc1nnc2n1CCNC2CC. The molecule has 0 aliphatic carbocycles. The number of fused-ring (bicyclic) bond motifs is 1. The normalized spacial score (nSPS) is 19.3. The predicted molar refractivity (Wildman–Crippen MR) is 65.9 cm³/mol. The highest BCUT2D eigenvalue weighted by Crippen LogP contribution is 2.19. The van der Waals surface area contributed by atoms with Gasteiger partial charge in [-0.1, -0.05) is 13.8 Å². The van der Waals surface area contributed by atoms with Crippen molar-refractivity contribution in [3.05, 3.63) is 11.6 Å². The molecule has 5 heteroatoms. The first-order chi connectivity index (χ1) is 8.36. The summed E-state index contributed by atoms with van der Waals surface area (Å²) in [4.78, 5) is 0. The van der Waals surface area contributed by atoms with Gasteiger partial charge in [-0.05, 0) is 12.8 Å². The molecule has 1 aliphatic rings. The lowest BCUT2D eigenvalue weighted by atomic mass is 10.2. The third kappa shape index (κ3) is 2.84. The second kappa shape index (κ2) is 6.12. The molecule has 1 aromatic heterocycles. The maximum atomic E-state index is 5.50. The van der Waals surface area contributed by atoms with Crippen LogP contribution in [-0.4, -0.2) is 34.5 Å². The molecule has 0 saturated carbocycles. The van der Waals surface area contributed by atoms with Crippen LogP contribution in [0.1, 0.15) is 44.4 Å². The van der Waals surface area contributed by atoms with Crippen molar-refractivity contribution in [1.82, 2.24) is 20.1 Å². The highest BCUT2D eigenvalue weighted by Gasteiger charge is 2.22. The summed E-state index contributed by atoms with van der Waals surface area (Å²) in [6.07, 6.45) is 2.99. The van der Waals surface area contributed by atoms with Gasteiger partial charge in [0.2, 0.25) is 0 Å². The summed E-state index contributed by atoms with van der Waals surface area (Å²) in [7, 11) is 0. The molecule has 2 heterocycles. The molecule has 0 amide bonds. The molecule has 1 N–H and O–H groups in total. The molecule has 0 fully saturated rings. The Kier molecular flexibility index (Phi) is 4.50. The van der Waals surface area contributed by atoms with Gasteiger partial charge in [-0.2, -0.15) is 0 Å². The summed E-state index contributed by atoms with van der Waals surface area (Å²) < 4.78 is 7.75. The van der Waals surface area contributed by atoms with E-state index in [9.17, 15) is 0 Å². The Morgan fingerprint density at radius 3 is 3.00 bits per heavy atom. The minimum atomic E-state index is 0.363. The van der Waals surface area contributed by atoms with E-state index >= 15 is 0 Å². The van der Waals surface area contributed by atoms with Gasteiger partial charge in [0.05, 0.1) is 12.6 Å². The van der Waals surface area contributed by atoms with Crippen LogP contribution in [0.15, 0.2) is 0 Å². The van der Waals surface area contributed by atoms with E-state index in [1.54, 1.807) is 0 Å². The van der Waals surface area contributed by atoms with Crippen LogP contribution in [0.5, 0.6) is 0 Å². The smallest absolute Gasteiger partial charge is 0.150 e. The first kappa shape index (κ1) is 12.5. The first-order valence-corrected chi connectivity index (χ1v) is 6.59. The van der Waals surface area contributed by atoms with Crippen molar-refractivity contribution < 1.29 is 4.74 Å². The van der Waals surface area contributed by atoms with Gasteiger partial charge in [0.15, 0.2) is 0 Å². The second-order valence-electron chi connectivity index (χ2n) is 4.40. The van der Waals surface area contributed by atoms with E-state index in [1.807, 2.05) is 0 Å². The summed E-state index contributed by atoms with van der Waals surface area (Å²) in [5.41, 5.74) is 0. The van der Waals surface area contributed by atoms with Crippen LogP contribution < -0.4 is 5.32 Å². The maximum absolute atomic E-state index is 5.50. The Bertz CT molecular complexity index is 350. The highest BCUT2D eigenvalue weighted by molar-refractivity contribution is 5.04. The molecule has 17 heavy (non-hydrogen) atoms. The van der Waals surface area contributed by atoms with Gasteiger partial charge in [-0.3, -0.25) is 0 Å². The number of aromatic nitrogens is 3. The minimum absolute atomic E-state index is 0.363. The van der Waals surface area contributed by atoms with Gasteiger partial charge in [0.1, 0.15) is 11.6 Å². The Morgan fingerprint density at radius 1 is 1.35 bits per heavy atom. The fourth-order valence-corrected chi connectivity index (χ4v) is 2.21. The van der Waals surface area contributed by atoms with Gasteiger partial charge >= 0.3 is 0 Å². The molecule has 5 nitrogen and oxygen atoms in total. The quantitative estimate of drug-likeness (QED) is 0.759. The van der Waals surface area contributed by atoms with E-state index in [2.05, 4.69) is 33.9 Å². The number of nitrogens with zero attached hydrogens (tertiary/aromatic N) is 3. The summed E-state index contributed by atoms with van der Waals surface area (Å²) in [6.45, 7) is 7.85. The monoisotopic (exact) mass is 238 g/mol. The standard InChI is InChI=1S/C12H22N4O/c1-3-8-17-9-5-11-14-15-12-10(4-2)13-6-7-16(11)12/h10,13H,3-9H2,1-2H3. The van der Waals surface area contributed by atoms with Gasteiger partial charge in [0, 0.05) is 26.1 Å². The second-order valence-corrected chi connectivity index (χ2v) is 4.40. The fraction of sp³-hybridized carbons (Fsp3) is 0.833. The minimum Gasteiger partial charge on any atom is -0.381 e. The predicted octanol–water partition coefficient (Wildman–Crippen LogP) is 1.30. The molecule has 1 atom stereocenters. The number of hydrogen-bond donors (Lipinski definition) is 1. The molecular formula is C12H22N4O. The van der Waals surface area contributed by atoms with Crippen LogP contribution in [0, 0.1) is 0 Å². The van der Waals surface area contributed by atoms with Crippen molar-refractivity contribution >= 4 is 0 Å². The summed E-state index contributed by atoms with van der Waals surface area (Å²) >= 11 is 0. The topological polar surface area (TPSA) is 52.0 Å². The Labute approximate surface area is 103 Å². The zero-order valence-corrected chi connectivity index (χ0v) is 10.8. The third-order valence-corrected chi connectivity index (χ3v) is 3.12. The van der Waals surface area contributed by atoms with Crippen molar-refractivity contribution in [3.8, 4) is 0 Å². The van der Waals surface area contributed by atoms with Crippen molar-refractivity contribution in [2.75, 3.05) is 19.8 Å². The van der Waals surface area contributed by atoms with Gasteiger partial charge in [-0.25, -0.2) is 0 Å². The van der Waals surface area contributed by atoms with E-state index in [0.29, 0.717) is 6.04 Å². The fourth-order valence-electron chi connectivity index (χ4n) is 2.21. The molecular weight excluding hydrogens is 216 g/mol. The van der Waals surface area contributed by atoms with E-state index in [-0.39, 0.29) is 0 Å². The number of nitrogens with one attached hydrogen (secondary N) is 1. The molecule has 2 rings (SSSR count). The van der Waals surface area contributed by atoms with Crippen molar-refractivity contribution in [2.45, 2.75) is 45.7 Å². The molecule has 0 spiro atoms.